The summed E-state index contributed by atoms with van der Waals surface area (Å²) in [5.74, 6) is -1.54. The predicted molar refractivity (Wildman–Crippen MR) is 61.9 cm³/mol. The third-order valence-electron chi connectivity index (χ3n) is 2.20. The van der Waals surface area contributed by atoms with Gasteiger partial charge < -0.3 is 5.11 Å². The Morgan fingerprint density at radius 1 is 1.53 bits per heavy atom. The number of aromatic nitrogens is 1. The quantitative estimate of drug-likeness (QED) is 0.764. The van der Waals surface area contributed by atoms with Crippen LogP contribution in [-0.4, -0.2) is 30.2 Å². The number of sulfonamides is 1. The molecule has 1 aromatic heterocycles. The first-order valence-electron chi connectivity index (χ1n) is 4.99. The molecule has 7 heteroatoms. The molecule has 0 spiro atoms. The van der Waals surface area contributed by atoms with Crippen molar-refractivity contribution in [3.8, 4) is 0 Å². The number of pyridine rings is 1. The number of nitrogens with one attached hydrogen (secondary N) is 1. The Balaban J connectivity index is 2.56. The molecule has 0 saturated carbocycles. The molecule has 6 nitrogen and oxygen atoms in total. The fourth-order valence-electron chi connectivity index (χ4n) is 1.18. The molecule has 0 aromatic carbocycles. The normalized spacial score (nSPS) is 11.4. The van der Waals surface area contributed by atoms with Crippen molar-refractivity contribution in [2.75, 3.05) is 5.75 Å². The summed E-state index contributed by atoms with van der Waals surface area (Å²) in [4.78, 5) is 14.2. The average Bonchev–Trinajstić information content (AvgIpc) is 2.26. The third kappa shape index (κ3) is 4.92. The van der Waals surface area contributed by atoms with Crippen LogP contribution in [0.4, 0.5) is 0 Å². The topological polar surface area (TPSA) is 96.4 Å². The lowest BCUT2D eigenvalue weighted by Crippen LogP contribution is -2.27. The summed E-state index contributed by atoms with van der Waals surface area (Å²) in [5, 5.41) is 8.41. The number of carboxylic acids is 1. The minimum atomic E-state index is -3.54. The zero-order valence-corrected chi connectivity index (χ0v) is 10.2. The van der Waals surface area contributed by atoms with E-state index in [0.717, 1.165) is 11.1 Å². The second-order valence-electron chi connectivity index (χ2n) is 3.59. The van der Waals surface area contributed by atoms with Crippen LogP contribution in [0.2, 0.25) is 0 Å². The van der Waals surface area contributed by atoms with E-state index in [0.29, 0.717) is 0 Å². The van der Waals surface area contributed by atoms with Crippen LogP contribution in [0.25, 0.3) is 0 Å². The predicted octanol–water partition coefficient (Wildman–Crippen LogP) is 0.284. The van der Waals surface area contributed by atoms with Crippen molar-refractivity contribution in [3.05, 3.63) is 29.6 Å². The number of nitrogens with zero attached hydrogens (tertiary/aromatic N) is 1. The van der Waals surface area contributed by atoms with Gasteiger partial charge in [-0.05, 0) is 24.1 Å². The first-order valence-corrected chi connectivity index (χ1v) is 6.64. The highest BCUT2D eigenvalue weighted by atomic mass is 32.2. The van der Waals surface area contributed by atoms with Crippen molar-refractivity contribution in [2.24, 2.45) is 0 Å². The third-order valence-corrected chi connectivity index (χ3v) is 3.53. The van der Waals surface area contributed by atoms with Crippen LogP contribution in [0.15, 0.2) is 18.5 Å². The minimum absolute atomic E-state index is 0.149. The first-order chi connectivity index (χ1) is 7.91. The summed E-state index contributed by atoms with van der Waals surface area (Å²) >= 11 is 0. The van der Waals surface area contributed by atoms with Gasteiger partial charge in [-0.15, -0.1) is 0 Å². The fraction of sp³-hybridized carbons (Fsp3) is 0.400. The van der Waals surface area contributed by atoms with Gasteiger partial charge >= 0.3 is 5.97 Å². The molecule has 17 heavy (non-hydrogen) atoms. The maximum atomic E-state index is 11.4. The van der Waals surface area contributed by atoms with Crippen LogP contribution < -0.4 is 4.72 Å². The number of carboxylic acid groups (broad SMARTS) is 1. The van der Waals surface area contributed by atoms with E-state index in [1.807, 2.05) is 6.92 Å². The number of aliphatic carboxylic acids is 1. The Hall–Kier alpha value is -1.47. The van der Waals surface area contributed by atoms with Crippen molar-refractivity contribution in [3.63, 3.8) is 0 Å². The van der Waals surface area contributed by atoms with Crippen molar-refractivity contribution < 1.29 is 18.3 Å². The van der Waals surface area contributed by atoms with E-state index < -0.39 is 28.2 Å². The summed E-state index contributed by atoms with van der Waals surface area (Å²) in [6.45, 7) is 1.98. The van der Waals surface area contributed by atoms with E-state index in [2.05, 4.69) is 9.71 Å². The first kappa shape index (κ1) is 13.6. The van der Waals surface area contributed by atoms with Crippen LogP contribution >= 0.6 is 0 Å². The Bertz CT molecular complexity index is 499. The molecule has 0 fully saturated rings. The van der Waals surface area contributed by atoms with Gasteiger partial charge in [0.1, 0.15) is 0 Å². The van der Waals surface area contributed by atoms with Crippen LogP contribution in [0.3, 0.4) is 0 Å². The lowest BCUT2D eigenvalue weighted by Gasteiger charge is -2.07. The van der Waals surface area contributed by atoms with Gasteiger partial charge in [0.2, 0.25) is 10.0 Å². The summed E-state index contributed by atoms with van der Waals surface area (Å²) < 4.78 is 25.2. The molecule has 94 valence electrons. The number of hydrogen-bond donors (Lipinski definition) is 2. The highest BCUT2D eigenvalue weighted by Crippen LogP contribution is 2.05. The van der Waals surface area contributed by atoms with Gasteiger partial charge in [-0.1, -0.05) is 0 Å². The molecule has 0 aliphatic rings. The summed E-state index contributed by atoms with van der Waals surface area (Å²) in [6.07, 6.45) is 2.82. The van der Waals surface area contributed by atoms with E-state index in [-0.39, 0.29) is 6.54 Å². The van der Waals surface area contributed by atoms with Crippen LogP contribution in [0, 0.1) is 6.92 Å². The molecule has 0 unspecified atom stereocenters. The zero-order valence-electron chi connectivity index (χ0n) is 9.38. The molecule has 1 heterocycles. The van der Waals surface area contributed by atoms with Gasteiger partial charge in [-0.3, -0.25) is 9.78 Å². The molecular weight excluding hydrogens is 244 g/mol. The Kier molecular flexibility index (Phi) is 4.59. The van der Waals surface area contributed by atoms with Crippen molar-refractivity contribution in [1.82, 2.24) is 9.71 Å². The van der Waals surface area contributed by atoms with Crippen LogP contribution in [-0.2, 0) is 21.4 Å². The molecule has 0 radical (unpaired) electrons. The van der Waals surface area contributed by atoms with Gasteiger partial charge in [0.15, 0.2) is 0 Å². The summed E-state index contributed by atoms with van der Waals surface area (Å²) in [7, 11) is -3.54. The van der Waals surface area contributed by atoms with E-state index in [9.17, 15) is 13.2 Å². The van der Waals surface area contributed by atoms with E-state index in [4.69, 9.17) is 5.11 Å². The number of aryl methyl sites for hydroxylation is 1. The molecule has 0 atom stereocenters. The van der Waals surface area contributed by atoms with Crippen molar-refractivity contribution in [2.45, 2.75) is 19.9 Å². The summed E-state index contributed by atoms with van der Waals surface area (Å²) in [5.41, 5.74) is 1.70. The second-order valence-corrected chi connectivity index (χ2v) is 5.51. The number of carbonyl (C=O) groups is 1. The summed E-state index contributed by atoms with van der Waals surface area (Å²) in [6, 6.07) is 1.72. The molecule has 1 rings (SSSR count). The average molecular weight is 258 g/mol. The zero-order chi connectivity index (χ0) is 12.9. The Labute approximate surface area is 99.7 Å². The molecule has 0 saturated heterocycles. The monoisotopic (exact) mass is 258 g/mol. The molecule has 1 aromatic rings. The van der Waals surface area contributed by atoms with Gasteiger partial charge in [-0.25, -0.2) is 13.1 Å². The molecule has 0 aliphatic carbocycles. The minimum Gasteiger partial charge on any atom is -0.481 e. The van der Waals surface area contributed by atoms with E-state index in [1.54, 1.807) is 18.5 Å². The molecule has 2 N–H and O–H groups in total. The van der Waals surface area contributed by atoms with E-state index in [1.165, 1.54) is 0 Å². The van der Waals surface area contributed by atoms with Gasteiger partial charge in [0.05, 0.1) is 12.2 Å². The molecular formula is C10H14N2O4S. The van der Waals surface area contributed by atoms with Crippen LogP contribution in [0.1, 0.15) is 17.5 Å². The smallest absolute Gasteiger partial charge is 0.304 e. The second kappa shape index (κ2) is 5.74. The van der Waals surface area contributed by atoms with Crippen molar-refractivity contribution >= 4 is 16.0 Å². The molecule has 0 bridgehead atoms. The molecule has 0 aliphatic heterocycles. The lowest BCUT2D eigenvalue weighted by molar-refractivity contribution is -0.136. The number of rotatable bonds is 6. The number of hydrogen-bond acceptors (Lipinski definition) is 4. The lowest BCUT2D eigenvalue weighted by atomic mass is 10.2. The van der Waals surface area contributed by atoms with E-state index >= 15 is 0 Å². The van der Waals surface area contributed by atoms with Gasteiger partial charge in [-0.2, -0.15) is 0 Å². The fourth-order valence-corrected chi connectivity index (χ4v) is 2.15. The van der Waals surface area contributed by atoms with Gasteiger partial charge in [0, 0.05) is 18.9 Å². The standard InChI is InChI=1S/C10H14N2O4S/c1-8-6-11-4-2-9(8)7-12-17(15,16)5-3-10(13)14/h2,4,6,12H,3,5,7H2,1H3,(H,13,14). The highest BCUT2D eigenvalue weighted by Gasteiger charge is 2.12. The largest absolute Gasteiger partial charge is 0.481 e. The highest BCUT2D eigenvalue weighted by molar-refractivity contribution is 7.89. The Morgan fingerprint density at radius 2 is 2.24 bits per heavy atom. The maximum absolute atomic E-state index is 11.4. The maximum Gasteiger partial charge on any atom is 0.304 e. The molecule has 0 amide bonds. The van der Waals surface area contributed by atoms with Gasteiger partial charge in [0.25, 0.3) is 0 Å². The Morgan fingerprint density at radius 3 is 2.82 bits per heavy atom. The van der Waals surface area contributed by atoms with Crippen LogP contribution in [0.5, 0.6) is 0 Å². The van der Waals surface area contributed by atoms with Crippen molar-refractivity contribution in [1.29, 1.82) is 0 Å². The SMILES string of the molecule is Cc1cnccc1CNS(=O)(=O)CCC(=O)O.